The molecule has 0 radical (unpaired) electrons. The Morgan fingerprint density at radius 1 is 1.21 bits per heavy atom. The lowest BCUT2D eigenvalue weighted by Crippen LogP contribution is -2.41. The summed E-state index contributed by atoms with van der Waals surface area (Å²) in [6.45, 7) is 2.70. The molecule has 6 heteroatoms. The first kappa shape index (κ1) is 19.5. The van der Waals surface area contributed by atoms with Crippen LogP contribution in [0.25, 0.3) is 11.0 Å². The molecular formula is C23H27N3O3. The number of ether oxygens (including phenoxy) is 1. The number of H-pyrrole nitrogens is 1. The van der Waals surface area contributed by atoms with Gasteiger partial charge in [0.2, 0.25) is 0 Å². The molecule has 29 heavy (non-hydrogen) atoms. The highest BCUT2D eigenvalue weighted by atomic mass is 16.5. The van der Waals surface area contributed by atoms with Gasteiger partial charge in [0.15, 0.2) is 0 Å². The van der Waals surface area contributed by atoms with Crippen molar-refractivity contribution in [3.05, 3.63) is 59.9 Å². The van der Waals surface area contributed by atoms with Crippen LogP contribution in [0.15, 0.2) is 48.5 Å². The molecule has 0 saturated carbocycles. The van der Waals surface area contributed by atoms with Crippen molar-refractivity contribution < 1.29 is 14.6 Å². The van der Waals surface area contributed by atoms with E-state index in [1.54, 1.807) is 7.11 Å². The number of nitrogens with one attached hydrogen (secondary N) is 1. The minimum atomic E-state index is -0.720. The second kappa shape index (κ2) is 8.66. The number of carbonyl (C=O) groups is 1. The average Bonchev–Trinajstić information content (AvgIpc) is 3.13. The Bertz CT molecular complexity index is 970. The van der Waals surface area contributed by atoms with Crippen molar-refractivity contribution in [1.82, 2.24) is 14.9 Å². The molecule has 2 heterocycles. The van der Waals surface area contributed by atoms with Crippen LogP contribution in [0.3, 0.4) is 0 Å². The molecule has 0 amide bonds. The number of nitrogens with zero attached hydrogens (tertiary/aromatic N) is 2. The Balaban J connectivity index is 1.53. The largest absolute Gasteiger partial charge is 0.494 e. The number of fused-ring (bicyclic) bond motifs is 1. The molecule has 4 rings (SSSR count). The Kier molecular flexibility index (Phi) is 5.81. The summed E-state index contributed by atoms with van der Waals surface area (Å²) in [4.78, 5) is 22.0. The number of para-hydroxylation sites is 1. The molecule has 2 aromatic carbocycles. The maximum absolute atomic E-state index is 11.4. The van der Waals surface area contributed by atoms with Crippen molar-refractivity contribution in [2.45, 2.75) is 25.8 Å². The number of piperidine rings is 1. The molecule has 1 aromatic heterocycles. The molecule has 0 spiro atoms. The van der Waals surface area contributed by atoms with Gasteiger partial charge in [0.25, 0.3) is 0 Å². The highest BCUT2D eigenvalue weighted by molar-refractivity contribution is 5.81. The van der Waals surface area contributed by atoms with Gasteiger partial charge in [0, 0.05) is 25.9 Å². The zero-order valence-electron chi connectivity index (χ0n) is 16.7. The number of rotatable bonds is 7. The van der Waals surface area contributed by atoms with Crippen molar-refractivity contribution in [3.63, 3.8) is 0 Å². The number of benzene rings is 2. The molecule has 2 N–H and O–H groups in total. The van der Waals surface area contributed by atoms with Gasteiger partial charge in [0.1, 0.15) is 17.1 Å². The van der Waals surface area contributed by atoms with Crippen LogP contribution in [0.5, 0.6) is 5.75 Å². The number of carboxylic acid groups (broad SMARTS) is 1. The van der Waals surface area contributed by atoms with E-state index < -0.39 is 5.97 Å². The van der Waals surface area contributed by atoms with Crippen LogP contribution in [0, 0.1) is 11.8 Å². The number of imidazole rings is 1. The van der Waals surface area contributed by atoms with Crippen LogP contribution in [0.4, 0.5) is 0 Å². The van der Waals surface area contributed by atoms with Gasteiger partial charge in [0.05, 0.1) is 12.6 Å². The Hall–Kier alpha value is -2.86. The summed E-state index contributed by atoms with van der Waals surface area (Å²) in [5.74, 6) is 1.33. The van der Waals surface area contributed by atoms with Crippen molar-refractivity contribution in [3.8, 4) is 5.75 Å². The number of likely N-dealkylation sites (tertiary alicyclic amines) is 1. The smallest absolute Gasteiger partial charge is 0.303 e. The van der Waals surface area contributed by atoms with Crippen LogP contribution < -0.4 is 4.74 Å². The monoisotopic (exact) mass is 393 g/mol. The maximum atomic E-state index is 11.4. The van der Waals surface area contributed by atoms with Crippen LogP contribution in [-0.2, 0) is 17.8 Å². The van der Waals surface area contributed by atoms with E-state index in [2.05, 4.69) is 34.1 Å². The van der Waals surface area contributed by atoms with Gasteiger partial charge in [-0.05, 0) is 42.5 Å². The summed E-state index contributed by atoms with van der Waals surface area (Å²) in [5, 5.41) is 9.38. The van der Waals surface area contributed by atoms with Gasteiger partial charge in [-0.25, -0.2) is 4.98 Å². The highest BCUT2D eigenvalue weighted by Gasteiger charge is 2.31. The summed E-state index contributed by atoms with van der Waals surface area (Å²) in [7, 11) is 1.65. The fourth-order valence-electron chi connectivity index (χ4n) is 4.43. The minimum Gasteiger partial charge on any atom is -0.494 e. The molecule has 1 saturated heterocycles. The van der Waals surface area contributed by atoms with Crippen LogP contribution in [0.1, 0.15) is 24.2 Å². The molecule has 3 aromatic rings. The Morgan fingerprint density at radius 2 is 2.03 bits per heavy atom. The number of hydrogen-bond donors (Lipinski definition) is 2. The van der Waals surface area contributed by atoms with E-state index in [1.165, 1.54) is 5.56 Å². The number of hydrogen-bond acceptors (Lipinski definition) is 4. The Labute approximate surface area is 170 Å². The van der Waals surface area contributed by atoms with Crippen molar-refractivity contribution in [2.75, 3.05) is 20.2 Å². The van der Waals surface area contributed by atoms with E-state index in [4.69, 9.17) is 9.72 Å². The van der Waals surface area contributed by atoms with Crippen LogP contribution in [-0.4, -0.2) is 46.1 Å². The molecule has 152 valence electrons. The molecule has 6 nitrogen and oxygen atoms in total. The molecule has 2 atom stereocenters. The summed E-state index contributed by atoms with van der Waals surface area (Å²) >= 11 is 0. The summed E-state index contributed by atoms with van der Waals surface area (Å²) in [6.07, 6.45) is 1.85. The topological polar surface area (TPSA) is 78.5 Å². The Morgan fingerprint density at radius 3 is 2.79 bits per heavy atom. The van der Waals surface area contributed by atoms with Crippen molar-refractivity contribution in [2.24, 2.45) is 11.8 Å². The standard InChI is InChI=1S/C23H27N3O3/c1-29-20-9-5-8-19-23(20)25-21(24-19)12-18-15-26(11-10-17(18)13-22(27)28)14-16-6-3-2-4-7-16/h2-9,17-18H,10-15H2,1H3,(H,24,25)(H,27,28)/t17-,18-/m0/s1. The summed E-state index contributed by atoms with van der Waals surface area (Å²) in [5.41, 5.74) is 3.07. The predicted octanol–water partition coefficient (Wildman–Crippen LogP) is 3.73. The van der Waals surface area contributed by atoms with E-state index in [0.29, 0.717) is 0 Å². The lowest BCUT2D eigenvalue weighted by atomic mass is 9.81. The summed E-state index contributed by atoms with van der Waals surface area (Å²) < 4.78 is 5.42. The number of methoxy groups -OCH3 is 1. The van der Waals surface area contributed by atoms with Gasteiger partial charge in [-0.2, -0.15) is 0 Å². The molecule has 1 fully saturated rings. The first-order valence-corrected chi connectivity index (χ1v) is 10.1. The number of aliphatic carboxylic acids is 1. The summed E-state index contributed by atoms with van der Waals surface area (Å²) in [6, 6.07) is 16.3. The molecule has 0 aliphatic carbocycles. The number of aromatic nitrogens is 2. The van der Waals surface area contributed by atoms with Gasteiger partial charge >= 0.3 is 5.97 Å². The number of carboxylic acids is 1. The zero-order valence-corrected chi connectivity index (χ0v) is 16.7. The second-order valence-electron chi connectivity index (χ2n) is 7.87. The molecule has 1 aliphatic rings. The van der Waals surface area contributed by atoms with Crippen LogP contribution >= 0.6 is 0 Å². The third kappa shape index (κ3) is 4.59. The normalized spacial score (nSPS) is 20.0. The lowest BCUT2D eigenvalue weighted by Gasteiger charge is -2.38. The third-order valence-corrected chi connectivity index (χ3v) is 5.86. The van der Waals surface area contributed by atoms with E-state index in [-0.39, 0.29) is 18.3 Å². The fourth-order valence-corrected chi connectivity index (χ4v) is 4.43. The number of aromatic amines is 1. The highest BCUT2D eigenvalue weighted by Crippen LogP contribution is 2.31. The van der Waals surface area contributed by atoms with Crippen LogP contribution in [0.2, 0.25) is 0 Å². The van der Waals surface area contributed by atoms with E-state index in [1.807, 2.05) is 24.3 Å². The predicted molar refractivity (Wildman–Crippen MR) is 112 cm³/mol. The first-order valence-electron chi connectivity index (χ1n) is 10.1. The SMILES string of the molecule is COc1cccc2[nH]c(C[C@H]3CN(Cc4ccccc4)CC[C@H]3CC(=O)O)nc12. The zero-order chi connectivity index (χ0) is 20.2. The van der Waals surface area contributed by atoms with E-state index in [0.717, 1.165) is 55.1 Å². The molecule has 1 aliphatic heterocycles. The van der Waals surface area contributed by atoms with Gasteiger partial charge in [-0.3, -0.25) is 9.69 Å². The molecular weight excluding hydrogens is 366 g/mol. The average molecular weight is 393 g/mol. The van der Waals surface area contributed by atoms with Crippen molar-refractivity contribution >= 4 is 17.0 Å². The fraction of sp³-hybridized carbons (Fsp3) is 0.391. The second-order valence-corrected chi connectivity index (χ2v) is 7.87. The maximum Gasteiger partial charge on any atom is 0.303 e. The van der Waals surface area contributed by atoms with Gasteiger partial charge < -0.3 is 14.8 Å². The van der Waals surface area contributed by atoms with Gasteiger partial charge in [-0.1, -0.05) is 36.4 Å². The lowest BCUT2D eigenvalue weighted by molar-refractivity contribution is -0.139. The van der Waals surface area contributed by atoms with Gasteiger partial charge in [-0.15, -0.1) is 0 Å². The van der Waals surface area contributed by atoms with E-state index >= 15 is 0 Å². The first-order chi connectivity index (χ1) is 14.1. The minimum absolute atomic E-state index is 0.162. The molecule has 0 bridgehead atoms. The third-order valence-electron chi connectivity index (χ3n) is 5.86. The quantitative estimate of drug-likeness (QED) is 0.640. The van der Waals surface area contributed by atoms with Crippen molar-refractivity contribution in [1.29, 1.82) is 0 Å². The molecule has 0 unspecified atom stereocenters. The van der Waals surface area contributed by atoms with E-state index in [9.17, 15) is 9.90 Å².